The predicted molar refractivity (Wildman–Crippen MR) is 53.2 cm³/mol. The maximum atomic E-state index is 5.59. The van der Waals surface area contributed by atoms with Gasteiger partial charge in [0.25, 0.3) is 0 Å². The Hall–Kier alpha value is -0.0800. The third-order valence-electron chi connectivity index (χ3n) is 3.08. The molecule has 0 saturated carbocycles. The summed E-state index contributed by atoms with van der Waals surface area (Å²) in [5, 5.41) is 0. The highest BCUT2D eigenvalue weighted by Gasteiger charge is 2.26. The summed E-state index contributed by atoms with van der Waals surface area (Å²) in [6, 6.07) is 1.54. The fourth-order valence-electron chi connectivity index (χ4n) is 2.18. The van der Waals surface area contributed by atoms with Crippen molar-refractivity contribution >= 4 is 0 Å². The van der Waals surface area contributed by atoms with Gasteiger partial charge in [-0.1, -0.05) is 6.92 Å². The van der Waals surface area contributed by atoms with E-state index >= 15 is 0 Å². The Bertz CT molecular complexity index is 125. The molecule has 1 aliphatic rings. The summed E-state index contributed by atoms with van der Waals surface area (Å²) in [6.45, 7) is 6.73. The molecule has 2 unspecified atom stereocenters. The highest BCUT2D eigenvalue weighted by molar-refractivity contribution is 4.82. The summed E-state index contributed by atoms with van der Waals surface area (Å²) >= 11 is 0. The summed E-state index contributed by atoms with van der Waals surface area (Å²) in [5.74, 6) is 0. The number of likely N-dealkylation sites (tertiary alicyclic amines) is 1. The minimum absolute atomic E-state index is 0.754. The van der Waals surface area contributed by atoms with Crippen molar-refractivity contribution in [3.63, 3.8) is 0 Å². The van der Waals surface area contributed by atoms with Gasteiger partial charge in [0.1, 0.15) is 0 Å². The SMILES string of the molecule is CCC(C)N1CCCC1CCN. The number of nitrogens with zero attached hydrogens (tertiary/aromatic N) is 1. The fraction of sp³-hybridized carbons (Fsp3) is 1.00. The van der Waals surface area contributed by atoms with E-state index in [4.69, 9.17) is 5.73 Å². The molecular formula is C10H22N2. The highest BCUT2D eigenvalue weighted by Crippen LogP contribution is 2.23. The van der Waals surface area contributed by atoms with Crippen molar-refractivity contribution in [1.29, 1.82) is 0 Å². The topological polar surface area (TPSA) is 29.3 Å². The monoisotopic (exact) mass is 170 g/mol. The van der Waals surface area contributed by atoms with Gasteiger partial charge in [0.15, 0.2) is 0 Å². The fourth-order valence-corrected chi connectivity index (χ4v) is 2.18. The maximum absolute atomic E-state index is 5.59. The van der Waals surface area contributed by atoms with E-state index in [9.17, 15) is 0 Å². The van der Waals surface area contributed by atoms with Crippen LogP contribution in [0.5, 0.6) is 0 Å². The first-order valence-electron chi connectivity index (χ1n) is 5.25. The Morgan fingerprint density at radius 3 is 2.92 bits per heavy atom. The summed E-state index contributed by atoms with van der Waals surface area (Å²) in [4.78, 5) is 2.63. The van der Waals surface area contributed by atoms with E-state index in [0.717, 1.165) is 18.6 Å². The van der Waals surface area contributed by atoms with Gasteiger partial charge in [-0.25, -0.2) is 0 Å². The molecule has 2 atom stereocenters. The highest BCUT2D eigenvalue weighted by atomic mass is 15.2. The predicted octanol–water partition coefficient (Wildman–Crippen LogP) is 1.60. The first kappa shape index (κ1) is 10.0. The largest absolute Gasteiger partial charge is 0.330 e. The minimum atomic E-state index is 0.754. The van der Waals surface area contributed by atoms with E-state index in [1.165, 1.54) is 32.2 Å². The van der Waals surface area contributed by atoms with E-state index < -0.39 is 0 Å². The molecule has 0 spiro atoms. The lowest BCUT2D eigenvalue weighted by atomic mass is 10.1. The van der Waals surface area contributed by atoms with Crippen LogP contribution in [0.3, 0.4) is 0 Å². The molecule has 1 heterocycles. The zero-order valence-electron chi connectivity index (χ0n) is 8.42. The van der Waals surface area contributed by atoms with Gasteiger partial charge in [0, 0.05) is 12.1 Å². The quantitative estimate of drug-likeness (QED) is 0.694. The Morgan fingerprint density at radius 1 is 1.58 bits per heavy atom. The van der Waals surface area contributed by atoms with Crippen molar-refractivity contribution in [3.8, 4) is 0 Å². The van der Waals surface area contributed by atoms with Crippen LogP contribution >= 0.6 is 0 Å². The third-order valence-corrected chi connectivity index (χ3v) is 3.08. The molecule has 1 rings (SSSR count). The second kappa shape index (κ2) is 4.83. The van der Waals surface area contributed by atoms with Gasteiger partial charge in [0.2, 0.25) is 0 Å². The van der Waals surface area contributed by atoms with E-state index in [2.05, 4.69) is 18.7 Å². The van der Waals surface area contributed by atoms with E-state index in [1.54, 1.807) is 0 Å². The number of nitrogens with two attached hydrogens (primary N) is 1. The van der Waals surface area contributed by atoms with Crippen LogP contribution in [0, 0.1) is 0 Å². The molecule has 0 aromatic carbocycles. The smallest absolute Gasteiger partial charge is 0.0110 e. The van der Waals surface area contributed by atoms with Gasteiger partial charge in [-0.15, -0.1) is 0 Å². The summed E-state index contributed by atoms with van der Waals surface area (Å²) in [7, 11) is 0. The van der Waals surface area contributed by atoms with Crippen molar-refractivity contribution in [2.45, 2.75) is 51.6 Å². The van der Waals surface area contributed by atoms with Crippen LogP contribution in [-0.4, -0.2) is 30.1 Å². The molecule has 1 aliphatic heterocycles. The second-order valence-corrected chi connectivity index (χ2v) is 3.87. The van der Waals surface area contributed by atoms with E-state index in [-0.39, 0.29) is 0 Å². The average molecular weight is 170 g/mol. The molecular weight excluding hydrogens is 148 g/mol. The van der Waals surface area contributed by atoms with Crippen LogP contribution < -0.4 is 5.73 Å². The van der Waals surface area contributed by atoms with Crippen LogP contribution in [0.4, 0.5) is 0 Å². The molecule has 0 amide bonds. The number of hydrogen-bond acceptors (Lipinski definition) is 2. The molecule has 0 aromatic rings. The molecule has 72 valence electrons. The number of rotatable bonds is 4. The Labute approximate surface area is 76.1 Å². The first-order valence-corrected chi connectivity index (χ1v) is 5.25. The van der Waals surface area contributed by atoms with Crippen molar-refractivity contribution < 1.29 is 0 Å². The maximum Gasteiger partial charge on any atom is 0.0110 e. The average Bonchev–Trinajstić information content (AvgIpc) is 2.52. The van der Waals surface area contributed by atoms with Gasteiger partial charge < -0.3 is 5.73 Å². The zero-order valence-corrected chi connectivity index (χ0v) is 8.42. The standard InChI is InChI=1S/C10H22N2/c1-3-9(2)12-8-4-5-10(12)6-7-11/h9-10H,3-8,11H2,1-2H3. The van der Waals surface area contributed by atoms with Crippen LogP contribution in [0.25, 0.3) is 0 Å². The first-order chi connectivity index (χ1) is 5.79. The van der Waals surface area contributed by atoms with Gasteiger partial charge in [-0.05, 0) is 45.7 Å². The lowest BCUT2D eigenvalue weighted by Crippen LogP contribution is -2.37. The molecule has 12 heavy (non-hydrogen) atoms. The van der Waals surface area contributed by atoms with Gasteiger partial charge in [-0.2, -0.15) is 0 Å². The summed E-state index contributed by atoms with van der Waals surface area (Å²) in [5.41, 5.74) is 5.59. The normalized spacial score (nSPS) is 27.8. The lowest BCUT2D eigenvalue weighted by Gasteiger charge is -2.29. The van der Waals surface area contributed by atoms with E-state index in [0.29, 0.717) is 0 Å². The van der Waals surface area contributed by atoms with Gasteiger partial charge in [0.05, 0.1) is 0 Å². The third kappa shape index (κ3) is 2.20. The van der Waals surface area contributed by atoms with Crippen molar-refractivity contribution in [3.05, 3.63) is 0 Å². The molecule has 0 bridgehead atoms. The Balaban J connectivity index is 2.40. The molecule has 2 nitrogen and oxygen atoms in total. The van der Waals surface area contributed by atoms with Gasteiger partial charge in [-0.3, -0.25) is 4.90 Å². The van der Waals surface area contributed by atoms with Crippen LogP contribution in [0.15, 0.2) is 0 Å². The molecule has 1 fully saturated rings. The molecule has 0 aliphatic carbocycles. The Kier molecular flexibility index (Phi) is 4.02. The van der Waals surface area contributed by atoms with Crippen molar-refractivity contribution in [2.75, 3.05) is 13.1 Å². The van der Waals surface area contributed by atoms with E-state index in [1.807, 2.05) is 0 Å². The molecule has 0 radical (unpaired) electrons. The number of hydrogen-bond donors (Lipinski definition) is 1. The molecule has 1 saturated heterocycles. The summed E-state index contributed by atoms with van der Waals surface area (Å²) in [6.07, 6.45) is 5.18. The second-order valence-electron chi connectivity index (χ2n) is 3.87. The van der Waals surface area contributed by atoms with Crippen LogP contribution in [0.2, 0.25) is 0 Å². The van der Waals surface area contributed by atoms with Crippen molar-refractivity contribution in [2.24, 2.45) is 5.73 Å². The molecule has 2 heteroatoms. The van der Waals surface area contributed by atoms with Crippen LogP contribution in [0.1, 0.15) is 39.5 Å². The van der Waals surface area contributed by atoms with Crippen molar-refractivity contribution in [1.82, 2.24) is 4.90 Å². The lowest BCUT2D eigenvalue weighted by molar-refractivity contribution is 0.181. The Morgan fingerprint density at radius 2 is 2.33 bits per heavy atom. The summed E-state index contributed by atoms with van der Waals surface area (Å²) < 4.78 is 0. The van der Waals surface area contributed by atoms with Crippen LogP contribution in [-0.2, 0) is 0 Å². The molecule has 0 aromatic heterocycles. The molecule has 2 N–H and O–H groups in total. The zero-order chi connectivity index (χ0) is 8.97. The van der Waals surface area contributed by atoms with Gasteiger partial charge >= 0.3 is 0 Å². The minimum Gasteiger partial charge on any atom is -0.330 e.